The van der Waals surface area contributed by atoms with E-state index in [0.29, 0.717) is 24.4 Å². The van der Waals surface area contributed by atoms with E-state index in [1.165, 1.54) is 0 Å². The number of ether oxygens (including phenoxy) is 1. The van der Waals surface area contributed by atoms with Crippen LogP contribution in [0.3, 0.4) is 0 Å². The molecule has 1 aliphatic rings. The zero-order valence-electron chi connectivity index (χ0n) is 13.1. The highest BCUT2D eigenvalue weighted by Gasteiger charge is 2.29. The van der Waals surface area contributed by atoms with Gasteiger partial charge in [0.2, 0.25) is 0 Å². The second kappa shape index (κ2) is 6.47. The van der Waals surface area contributed by atoms with E-state index in [0.717, 1.165) is 16.7 Å². The molecule has 4 nitrogen and oxygen atoms in total. The number of carbonyl (C=O) groups is 1. The third kappa shape index (κ3) is 3.32. The summed E-state index contributed by atoms with van der Waals surface area (Å²) in [5.74, 6) is 0.438. The Bertz CT molecular complexity index is 760. The maximum atomic E-state index is 12.6. The largest absolute Gasteiger partial charge is 0.508 e. The number of phenols is 1. The Balaban J connectivity index is 1.78. The van der Waals surface area contributed by atoms with E-state index >= 15 is 0 Å². The van der Waals surface area contributed by atoms with Crippen LogP contribution in [0.25, 0.3) is 0 Å². The number of amides is 1. The van der Waals surface area contributed by atoms with Gasteiger partial charge in [0.1, 0.15) is 18.1 Å². The molecule has 0 saturated heterocycles. The third-order valence-electron chi connectivity index (χ3n) is 3.94. The van der Waals surface area contributed by atoms with Gasteiger partial charge in [0, 0.05) is 18.7 Å². The number of alkyl halides is 2. The minimum atomic E-state index is -2.54. The van der Waals surface area contributed by atoms with Gasteiger partial charge in [-0.2, -0.15) is 0 Å². The highest BCUT2D eigenvalue weighted by molar-refractivity contribution is 5.99. The first-order valence-corrected chi connectivity index (χ1v) is 7.55. The Morgan fingerprint density at radius 1 is 1.25 bits per heavy atom. The number of hydrogen-bond donors (Lipinski definition) is 1. The summed E-state index contributed by atoms with van der Waals surface area (Å²) >= 11 is 0. The van der Waals surface area contributed by atoms with Gasteiger partial charge in [0.05, 0.1) is 0 Å². The van der Waals surface area contributed by atoms with Gasteiger partial charge in [-0.1, -0.05) is 12.1 Å². The summed E-state index contributed by atoms with van der Waals surface area (Å²) in [7, 11) is 0. The number of fused-ring (bicyclic) bond motifs is 1. The van der Waals surface area contributed by atoms with Crippen molar-refractivity contribution in [3.63, 3.8) is 0 Å². The van der Waals surface area contributed by atoms with Crippen LogP contribution in [-0.4, -0.2) is 28.9 Å². The standard InChI is InChI=1S/C18H17F2NO3/c1-11-6-15(24-10-16(19)20)7-13-9-21(18(23)17(11)13)8-12-2-4-14(22)5-3-12/h2-7,16,22H,8-10H2,1H3. The van der Waals surface area contributed by atoms with Gasteiger partial charge in [-0.15, -0.1) is 0 Å². The molecule has 1 amide bonds. The predicted octanol–water partition coefficient (Wildman–Crippen LogP) is 3.50. The van der Waals surface area contributed by atoms with Gasteiger partial charge in [-0.3, -0.25) is 4.79 Å². The van der Waals surface area contributed by atoms with Crippen LogP contribution in [0.15, 0.2) is 36.4 Å². The Labute approximate surface area is 138 Å². The number of aryl methyl sites for hydroxylation is 1. The lowest BCUT2D eigenvalue weighted by molar-refractivity contribution is 0.0766. The summed E-state index contributed by atoms with van der Waals surface area (Å²) < 4.78 is 29.6. The summed E-state index contributed by atoms with van der Waals surface area (Å²) in [6, 6.07) is 9.93. The topological polar surface area (TPSA) is 49.8 Å². The minimum Gasteiger partial charge on any atom is -0.508 e. The van der Waals surface area contributed by atoms with Crippen molar-refractivity contribution in [2.45, 2.75) is 26.4 Å². The van der Waals surface area contributed by atoms with E-state index in [1.807, 2.05) is 0 Å². The zero-order valence-corrected chi connectivity index (χ0v) is 13.1. The van der Waals surface area contributed by atoms with Crippen molar-refractivity contribution in [1.82, 2.24) is 4.90 Å². The molecule has 1 aliphatic heterocycles. The number of halogens is 2. The highest BCUT2D eigenvalue weighted by atomic mass is 19.3. The number of hydrogen-bond acceptors (Lipinski definition) is 3. The first-order valence-electron chi connectivity index (χ1n) is 7.55. The monoisotopic (exact) mass is 333 g/mol. The number of rotatable bonds is 5. The highest BCUT2D eigenvalue weighted by Crippen LogP contribution is 2.31. The number of carbonyl (C=O) groups excluding carboxylic acids is 1. The van der Waals surface area contributed by atoms with Crippen LogP contribution in [-0.2, 0) is 13.1 Å². The summed E-state index contributed by atoms with van der Waals surface area (Å²) in [4.78, 5) is 14.3. The predicted molar refractivity (Wildman–Crippen MR) is 84.4 cm³/mol. The molecule has 3 rings (SSSR count). The van der Waals surface area contributed by atoms with Crippen LogP contribution in [0.4, 0.5) is 8.78 Å². The molecule has 0 atom stereocenters. The van der Waals surface area contributed by atoms with Crippen molar-refractivity contribution in [3.05, 3.63) is 58.7 Å². The molecule has 0 unspecified atom stereocenters. The normalized spacial score (nSPS) is 13.5. The fourth-order valence-electron chi connectivity index (χ4n) is 2.88. The van der Waals surface area contributed by atoms with Gasteiger partial charge in [-0.25, -0.2) is 8.78 Å². The number of phenolic OH excluding ortho intramolecular Hbond substituents is 1. The molecule has 0 aliphatic carbocycles. The van der Waals surface area contributed by atoms with E-state index in [-0.39, 0.29) is 11.7 Å². The first-order chi connectivity index (χ1) is 11.4. The van der Waals surface area contributed by atoms with Crippen LogP contribution in [0.2, 0.25) is 0 Å². The fraction of sp³-hybridized carbons (Fsp3) is 0.278. The third-order valence-corrected chi connectivity index (χ3v) is 3.94. The molecule has 0 aromatic heterocycles. The van der Waals surface area contributed by atoms with E-state index in [9.17, 15) is 18.7 Å². The number of aromatic hydroxyl groups is 1. The summed E-state index contributed by atoms with van der Waals surface area (Å²) in [5.41, 5.74) is 3.01. The maximum Gasteiger partial charge on any atom is 0.272 e. The van der Waals surface area contributed by atoms with E-state index in [2.05, 4.69) is 0 Å². The van der Waals surface area contributed by atoms with Crippen molar-refractivity contribution >= 4 is 5.91 Å². The molecule has 6 heteroatoms. The molecule has 0 saturated carbocycles. The molecule has 0 bridgehead atoms. The lowest BCUT2D eigenvalue weighted by atomic mass is 10.0. The van der Waals surface area contributed by atoms with Crippen molar-refractivity contribution in [2.75, 3.05) is 6.61 Å². The van der Waals surface area contributed by atoms with Crippen LogP contribution < -0.4 is 4.74 Å². The molecular formula is C18H17F2NO3. The van der Waals surface area contributed by atoms with Crippen molar-refractivity contribution in [1.29, 1.82) is 0 Å². The number of benzene rings is 2. The van der Waals surface area contributed by atoms with Crippen LogP contribution in [0, 0.1) is 6.92 Å². The Morgan fingerprint density at radius 2 is 1.96 bits per heavy atom. The lowest BCUT2D eigenvalue weighted by Gasteiger charge is -2.15. The van der Waals surface area contributed by atoms with Crippen LogP contribution >= 0.6 is 0 Å². The molecule has 2 aromatic carbocycles. The molecule has 126 valence electrons. The van der Waals surface area contributed by atoms with Gasteiger partial charge in [0.15, 0.2) is 0 Å². The van der Waals surface area contributed by atoms with E-state index < -0.39 is 13.0 Å². The Morgan fingerprint density at radius 3 is 2.62 bits per heavy atom. The maximum absolute atomic E-state index is 12.6. The number of nitrogens with zero attached hydrogens (tertiary/aromatic N) is 1. The lowest BCUT2D eigenvalue weighted by Crippen LogP contribution is -2.23. The Kier molecular flexibility index (Phi) is 4.38. The minimum absolute atomic E-state index is 0.0871. The van der Waals surface area contributed by atoms with Gasteiger partial charge in [0.25, 0.3) is 12.3 Å². The fourth-order valence-corrected chi connectivity index (χ4v) is 2.88. The molecule has 0 spiro atoms. The average Bonchev–Trinajstić information content (AvgIpc) is 2.84. The first kappa shape index (κ1) is 16.2. The van der Waals surface area contributed by atoms with Crippen molar-refractivity contribution in [2.24, 2.45) is 0 Å². The molecule has 0 fully saturated rings. The molecule has 24 heavy (non-hydrogen) atoms. The Hall–Kier alpha value is -2.63. The zero-order chi connectivity index (χ0) is 17.3. The summed E-state index contributed by atoms with van der Waals surface area (Å²) in [6.45, 7) is 1.93. The summed E-state index contributed by atoms with van der Waals surface area (Å²) in [5, 5.41) is 9.32. The average molecular weight is 333 g/mol. The van der Waals surface area contributed by atoms with Crippen LogP contribution in [0.1, 0.15) is 27.0 Å². The van der Waals surface area contributed by atoms with Gasteiger partial charge in [-0.05, 0) is 47.9 Å². The quantitative estimate of drug-likeness (QED) is 0.911. The molecule has 2 aromatic rings. The van der Waals surface area contributed by atoms with Crippen LogP contribution in [0.5, 0.6) is 11.5 Å². The van der Waals surface area contributed by atoms with Gasteiger partial charge < -0.3 is 14.7 Å². The molecule has 1 N–H and O–H groups in total. The second-order valence-corrected chi connectivity index (χ2v) is 5.80. The SMILES string of the molecule is Cc1cc(OCC(F)F)cc2c1C(=O)N(Cc1ccc(O)cc1)C2. The van der Waals surface area contributed by atoms with E-state index in [4.69, 9.17) is 4.74 Å². The summed E-state index contributed by atoms with van der Waals surface area (Å²) in [6.07, 6.45) is -2.54. The van der Waals surface area contributed by atoms with Crippen molar-refractivity contribution in [3.8, 4) is 11.5 Å². The second-order valence-electron chi connectivity index (χ2n) is 5.80. The molecule has 0 radical (unpaired) electrons. The van der Waals surface area contributed by atoms with Crippen molar-refractivity contribution < 1.29 is 23.4 Å². The van der Waals surface area contributed by atoms with Gasteiger partial charge >= 0.3 is 0 Å². The molecule has 1 heterocycles. The smallest absolute Gasteiger partial charge is 0.272 e. The molecular weight excluding hydrogens is 316 g/mol. The van der Waals surface area contributed by atoms with E-state index in [1.54, 1.807) is 48.2 Å².